The van der Waals surface area contributed by atoms with Crippen LogP contribution in [0.25, 0.3) is 72.6 Å². The SMILES string of the molecule is CC(C)Cc1cc(-c2[c-]cccc2)ncc1[Si](C)(C)C.Cc1ccc2c(n1)oc1c(-c3nc4ccccc4n3-c3ccc(C(C)(C)C)cc3-c3ccccc3)[c-]nc(C)c12.[Ir]. The molecule has 9 rings (SSSR count). The number of furan rings is 1. The molecule has 0 saturated carbocycles. The molecule has 0 amide bonds. The monoisotopic (exact) mass is 996 g/mol. The number of rotatable bonds is 7. The standard InChI is InChI=1S/C35H29N4O.C18H24NSi.Ir/c1-21-15-17-25-31-22(2)36-20-27(32(31)40-34(25)37-21)33-38-28-13-9-10-14-30(28)39(33)29-18-16-24(35(3,4)5)19-26(29)23-11-7-6-8-12-23;1-14(2)11-16-12-17(15-9-7-6-8-10-15)19-13-18(16)20(3,4)5;/h6-19H,1-5H3;6-9,12-14H,11H2,1-5H3;/q2*-1;. The molecule has 8 heteroatoms. The van der Waals surface area contributed by atoms with E-state index in [1.165, 1.54) is 16.3 Å². The fourth-order valence-electron chi connectivity index (χ4n) is 7.97. The van der Waals surface area contributed by atoms with Gasteiger partial charge in [-0.2, -0.15) is 0 Å². The van der Waals surface area contributed by atoms with Crippen molar-refractivity contribution in [3.05, 3.63) is 156 Å². The molecule has 311 valence electrons. The van der Waals surface area contributed by atoms with Gasteiger partial charge in [-0.25, -0.2) is 4.98 Å². The van der Waals surface area contributed by atoms with Crippen LogP contribution in [0, 0.1) is 32.0 Å². The first-order chi connectivity index (χ1) is 28.7. The Morgan fingerprint density at radius 2 is 1.56 bits per heavy atom. The summed E-state index contributed by atoms with van der Waals surface area (Å²) in [6, 6.07) is 43.2. The summed E-state index contributed by atoms with van der Waals surface area (Å²) in [6.07, 6.45) is 6.52. The van der Waals surface area contributed by atoms with Gasteiger partial charge in [0.25, 0.3) is 0 Å². The molecule has 0 aliphatic heterocycles. The van der Waals surface area contributed by atoms with E-state index >= 15 is 0 Å². The minimum atomic E-state index is -1.34. The first-order valence-corrected chi connectivity index (χ1v) is 24.4. The minimum absolute atomic E-state index is 0. The van der Waals surface area contributed by atoms with E-state index < -0.39 is 8.07 Å². The Labute approximate surface area is 374 Å². The summed E-state index contributed by atoms with van der Waals surface area (Å²) in [5, 5.41) is 3.38. The molecule has 0 N–H and O–H groups in total. The summed E-state index contributed by atoms with van der Waals surface area (Å²) in [6.45, 7) is 22.4. The number of pyridine rings is 3. The Kier molecular flexibility index (Phi) is 12.5. The third-order valence-corrected chi connectivity index (χ3v) is 13.1. The maximum atomic E-state index is 6.43. The van der Waals surface area contributed by atoms with Crippen molar-refractivity contribution in [2.24, 2.45) is 5.92 Å². The fourth-order valence-corrected chi connectivity index (χ4v) is 9.56. The molecule has 0 unspecified atom stereocenters. The van der Waals surface area contributed by atoms with Crippen LogP contribution in [0.15, 0.2) is 126 Å². The molecule has 1 radical (unpaired) electrons. The van der Waals surface area contributed by atoms with Crippen LogP contribution >= 0.6 is 0 Å². The van der Waals surface area contributed by atoms with Crippen molar-refractivity contribution in [3.63, 3.8) is 0 Å². The number of imidazole rings is 1. The summed E-state index contributed by atoms with van der Waals surface area (Å²) >= 11 is 0. The molecule has 0 aliphatic rings. The second kappa shape index (κ2) is 17.4. The minimum Gasteiger partial charge on any atom is -0.486 e. The number of benzene rings is 4. The maximum Gasteiger partial charge on any atom is 0.216 e. The first-order valence-electron chi connectivity index (χ1n) is 20.9. The molecular formula is C53H53IrN5OSi-2. The van der Waals surface area contributed by atoms with E-state index in [0.717, 1.165) is 73.5 Å². The van der Waals surface area contributed by atoms with Gasteiger partial charge < -0.3 is 19.0 Å². The average Bonchev–Trinajstić information content (AvgIpc) is 3.80. The van der Waals surface area contributed by atoms with Crippen molar-refractivity contribution in [3.8, 4) is 39.5 Å². The summed E-state index contributed by atoms with van der Waals surface area (Å²) in [5.41, 5.74) is 13.9. The van der Waals surface area contributed by atoms with E-state index in [0.29, 0.717) is 22.8 Å². The third-order valence-electron chi connectivity index (χ3n) is 11.0. The topological polar surface area (TPSA) is 69.6 Å². The first kappa shape index (κ1) is 43.6. The molecule has 61 heavy (non-hydrogen) atoms. The second-order valence-electron chi connectivity index (χ2n) is 18.3. The van der Waals surface area contributed by atoms with Crippen LogP contribution in [0.5, 0.6) is 0 Å². The number of aryl methyl sites for hydroxylation is 2. The normalized spacial score (nSPS) is 11.9. The zero-order valence-corrected chi connectivity index (χ0v) is 40.2. The van der Waals surface area contributed by atoms with Crippen LogP contribution in [-0.2, 0) is 31.9 Å². The van der Waals surface area contributed by atoms with E-state index in [9.17, 15) is 0 Å². The maximum absolute atomic E-state index is 6.43. The molecule has 5 aromatic heterocycles. The van der Waals surface area contributed by atoms with Crippen LogP contribution in [0.4, 0.5) is 0 Å². The Morgan fingerprint density at radius 3 is 2.26 bits per heavy atom. The van der Waals surface area contributed by atoms with Gasteiger partial charge in [0.2, 0.25) is 5.71 Å². The molecule has 9 aromatic rings. The Hall–Kier alpha value is -5.53. The van der Waals surface area contributed by atoms with Gasteiger partial charge in [-0.15, -0.1) is 35.9 Å². The van der Waals surface area contributed by atoms with Gasteiger partial charge in [0.05, 0.1) is 30.5 Å². The summed E-state index contributed by atoms with van der Waals surface area (Å²) in [5.74, 6) is 1.40. The van der Waals surface area contributed by atoms with E-state index in [1.54, 1.807) is 0 Å². The molecule has 0 spiro atoms. The zero-order chi connectivity index (χ0) is 42.3. The predicted octanol–water partition coefficient (Wildman–Crippen LogP) is 13.1. The van der Waals surface area contributed by atoms with Crippen molar-refractivity contribution < 1.29 is 24.5 Å². The molecule has 6 nitrogen and oxygen atoms in total. The number of para-hydroxylation sites is 2. The Bertz CT molecular complexity index is 2980. The van der Waals surface area contributed by atoms with Gasteiger partial charge in [0, 0.05) is 48.6 Å². The zero-order valence-electron chi connectivity index (χ0n) is 36.8. The Morgan fingerprint density at radius 1 is 0.820 bits per heavy atom. The van der Waals surface area contributed by atoms with Crippen molar-refractivity contribution >= 4 is 46.4 Å². The summed E-state index contributed by atoms with van der Waals surface area (Å²) < 4.78 is 8.65. The van der Waals surface area contributed by atoms with Gasteiger partial charge >= 0.3 is 0 Å². The van der Waals surface area contributed by atoms with Gasteiger partial charge in [0.1, 0.15) is 0 Å². The van der Waals surface area contributed by atoms with Gasteiger partial charge in [-0.1, -0.05) is 121 Å². The largest absolute Gasteiger partial charge is 0.486 e. The van der Waals surface area contributed by atoms with Crippen molar-refractivity contribution in [1.82, 2.24) is 24.5 Å². The molecule has 5 heterocycles. The Balaban J connectivity index is 0.000000226. The summed E-state index contributed by atoms with van der Waals surface area (Å²) in [4.78, 5) is 19.2. The van der Waals surface area contributed by atoms with Crippen LogP contribution in [0.1, 0.15) is 57.1 Å². The quantitative estimate of drug-likeness (QED) is 0.118. The molecule has 4 aromatic carbocycles. The fraction of sp³-hybridized carbons (Fsp3) is 0.245. The van der Waals surface area contributed by atoms with Crippen LogP contribution in [-0.4, -0.2) is 32.6 Å². The third kappa shape index (κ3) is 8.94. The predicted molar refractivity (Wildman–Crippen MR) is 252 cm³/mol. The summed E-state index contributed by atoms with van der Waals surface area (Å²) in [7, 11) is -1.34. The van der Waals surface area contributed by atoms with Crippen molar-refractivity contribution in [2.45, 2.75) is 79.9 Å². The van der Waals surface area contributed by atoms with Crippen LogP contribution < -0.4 is 5.19 Å². The molecule has 0 atom stereocenters. The molecule has 0 bridgehead atoms. The van der Waals surface area contributed by atoms with Crippen LogP contribution in [0.2, 0.25) is 19.6 Å². The van der Waals surface area contributed by atoms with Gasteiger partial charge in [-0.05, 0) is 106 Å². The van der Waals surface area contributed by atoms with Gasteiger partial charge in [-0.3, -0.25) is 4.98 Å². The van der Waals surface area contributed by atoms with E-state index in [1.807, 2.05) is 50.2 Å². The number of hydrogen-bond donors (Lipinski definition) is 0. The molecule has 0 aliphatic carbocycles. The van der Waals surface area contributed by atoms with Crippen LogP contribution in [0.3, 0.4) is 0 Å². The van der Waals surface area contributed by atoms with Crippen molar-refractivity contribution in [2.75, 3.05) is 0 Å². The molecule has 0 saturated heterocycles. The average molecular weight is 996 g/mol. The smallest absolute Gasteiger partial charge is 0.216 e. The van der Waals surface area contributed by atoms with Gasteiger partial charge in [0.15, 0.2) is 0 Å². The number of nitrogens with zero attached hydrogens (tertiary/aromatic N) is 5. The number of hydrogen-bond acceptors (Lipinski definition) is 5. The molecule has 0 fully saturated rings. The van der Waals surface area contributed by atoms with E-state index in [-0.39, 0.29) is 25.5 Å². The second-order valence-corrected chi connectivity index (χ2v) is 23.3. The van der Waals surface area contributed by atoms with E-state index in [2.05, 4.69) is 166 Å². The number of aromatic nitrogens is 5. The molecular weight excluding hydrogens is 943 g/mol. The van der Waals surface area contributed by atoms with Crippen molar-refractivity contribution in [1.29, 1.82) is 0 Å². The van der Waals surface area contributed by atoms with E-state index in [4.69, 9.17) is 14.4 Å². The number of fused-ring (bicyclic) bond motifs is 4.